The van der Waals surface area contributed by atoms with Crippen molar-refractivity contribution in [1.82, 2.24) is 0 Å². The SMILES string of the molecule is CCSC1CC(=O)N(c2ccc(Oc3ccc(C(C)(C)c4ccc(Oc5ccc(N6C(=O)CC(SCCSC)C6=O)cc5)cc4)cc3)cc2)C1=O. The number of amides is 4. The van der Waals surface area contributed by atoms with Crippen LogP contribution >= 0.6 is 35.3 Å². The standard InChI is InChI=1S/C40H40N2O6S3/c1-5-50-34-24-36(43)41(38(34)45)28-10-18-32(19-11-28)47-30-14-6-26(7-15-30)40(2,3)27-8-16-31(17-9-27)48-33-20-12-29(13-21-33)42-37(44)25-35(39(42)46)51-23-22-49-4/h6-21,34-35H,5,22-25H2,1-4H3. The fourth-order valence-corrected chi connectivity index (χ4v) is 8.89. The first-order valence-corrected chi connectivity index (χ1v) is 20.3. The molecule has 2 saturated heterocycles. The number of nitrogens with zero attached hydrogens (tertiary/aromatic N) is 2. The molecular formula is C40H40N2O6S3. The number of carbonyl (C=O) groups excluding carboxylic acids is 4. The summed E-state index contributed by atoms with van der Waals surface area (Å²) in [5.41, 5.74) is 3.03. The molecule has 0 saturated carbocycles. The van der Waals surface area contributed by atoms with Crippen LogP contribution in [0.3, 0.4) is 0 Å². The number of rotatable bonds is 14. The van der Waals surface area contributed by atoms with E-state index >= 15 is 0 Å². The second-order valence-electron chi connectivity index (χ2n) is 12.7. The van der Waals surface area contributed by atoms with Gasteiger partial charge in [-0.05, 0) is 95.9 Å². The van der Waals surface area contributed by atoms with Gasteiger partial charge in [0.1, 0.15) is 23.0 Å². The number of carbonyl (C=O) groups is 4. The van der Waals surface area contributed by atoms with E-state index in [1.807, 2.05) is 61.7 Å². The van der Waals surface area contributed by atoms with E-state index in [0.717, 1.165) is 28.4 Å². The van der Waals surface area contributed by atoms with Crippen LogP contribution in [0, 0.1) is 0 Å². The minimum Gasteiger partial charge on any atom is -0.457 e. The van der Waals surface area contributed by atoms with E-state index in [1.165, 1.54) is 21.6 Å². The molecule has 2 unspecified atom stereocenters. The van der Waals surface area contributed by atoms with Gasteiger partial charge >= 0.3 is 0 Å². The van der Waals surface area contributed by atoms with Crippen molar-refractivity contribution in [1.29, 1.82) is 0 Å². The molecule has 2 aliphatic rings. The van der Waals surface area contributed by atoms with E-state index in [0.29, 0.717) is 34.4 Å². The monoisotopic (exact) mass is 740 g/mol. The molecule has 51 heavy (non-hydrogen) atoms. The molecule has 0 N–H and O–H groups in total. The zero-order chi connectivity index (χ0) is 36.1. The average Bonchev–Trinajstić information content (AvgIpc) is 3.57. The first-order chi connectivity index (χ1) is 24.6. The Morgan fingerprint density at radius 1 is 0.588 bits per heavy atom. The Morgan fingerprint density at radius 2 is 0.961 bits per heavy atom. The highest BCUT2D eigenvalue weighted by molar-refractivity contribution is 8.03. The second-order valence-corrected chi connectivity index (χ2v) is 16.5. The molecule has 2 heterocycles. The summed E-state index contributed by atoms with van der Waals surface area (Å²) in [4.78, 5) is 53.3. The lowest BCUT2D eigenvalue weighted by atomic mass is 9.78. The summed E-state index contributed by atoms with van der Waals surface area (Å²) < 4.78 is 12.2. The number of hydrogen-bond donors (Lipinski definition) is 0. The van der Waals surface area contributed by atoms with Crippen LogP contribution in [0.5, 0.6) is 23.0 Å². The fraction of sp³-hybridized carbons (Fsp3) is 0.300. The molecule has 264 valence electrons. The van der Waals surface area contributed by atoms with Gasteiger partial charge in [-0.2, -0.15) is 11.8 Å². The van der Waals surface area contributed by atoms with E-state index in [9.17, 15) is 19.2 Å². The molecule has 0 aliphatic carbocycles. The summed E-state index contributed by atoms with van der Waals surface area (Å²) in [6.07, 6.45) is 2.50. The first-order valence-electron chi connectivity index (χ1n) is 16.8. The molecule has 8 nitrogen and oxygen atoms in total. The number of ether oxygens (including phenoxy) is 2. The normalized spacial score (nSPS) is 17.8. The maximum Gasteiger partial charge on any atom is 0.247 e. The Hall–Kier alpha value is -4.19. The third kappa shape index (κ3) is 8.16. The van der Waals surface area contributed by atoms with Crippen molar-refractivity contribution < 1.29 is 28.7 Å². The highest BCUT2D eigenvalue weighted by atomic mass is 32.2. The number of thioether (sulfide) groups is 3. The summed E-state index contributed by atoms with van der Waals surface area (Å²) in [7, 11) is 0. The van der Waals surface area contributed by atoms with E-state index in [-0.39, 0.29) is 52.4 Å². The molecule has 4 aromatic carbocycles. The van der Waals surface area contributed by atoms with Crippen molar-refractivity contribution in [3.05, 3.63) is 108 Å². The van der Waals surface area contributed by atoms with E-state index < -0.39 is 0 Å². The molecule has 2 fully saturated rings. The Morgan fingerprint density at radius 3 is 1.33 bits per heavy atom. The lowest BCUT2D eigenvalue weighted by Gasteiger charge is -2.26. The van der Waals surface area contributed by atoms with Crippen molar-refractivity contribution in [2.45, 2.75) is 49.5 Å². The van der Waals surface area contributed by atoms with Crippen molar-refractivity contribution in [2.75, 3.05) is 33.3 Å². The van der Waals surface area contributed by atoms with Gasteiger partial charge in [-0.3, -0.25) is 19.2 Å². The van der Waals surface area contributed by atoms with Crippen LogP contribution in [0.1, 0.15) is 44.7 Å². The topological polar surface area (TPSA) is 93.2 Å². The summed E-state index contributed by atoms with van der Waals surface area (Å²) in [5.74, 6) is 4.49. The lowest BCUT2D eigenvalue weighted by Crippen LogP contribution is -2.31. The molecule has 0 bridgehead atoms. The van der Waals surface area contributed by atoms with E-state index in [4.69, 9.17) is 9.47 Å². The van der Waals surface area contributed by atoms with Crippen LogP contribution in [0.15, 0.2) is 97.1 Å². The van der Waals surface area contributed by atoms with Crippen molar-refractivity contribution >= 4 is 70.3 Å². The number of imide groups is 2. The van der Waals surface area contributed by atoms with Crippen molar-refractivity contribution in [3.8, 4) is 23.0 Å². The summed E-state index contributed by atoms with van der Waals surface area (Å²) in [6.45, 7) is 6.30. The van der Waals surface area contributed by atoms with Crippen LogP contribution in [-0.2, 0) is 24.6 Å². The predicted molar refractivity (Wildman–Crippen MR) is 209 cm³/mol. The van der Waals surface area contributed by atoms with Crippen LogP contribution in [0.4, 0.5) is 11.4 Å². The van der Waals surface area contributed by atoms with Gasteiger partial charge in [0.2, 0.25) is 23.6 Å². The van der Waals surface area contributed by atoms with Crippen LogP contribution < -0.4 is 19.3 Å². The molecule has 6 rings (SSSR count). The van der Waals surface area contributed by atoms with Crippen LogP contribution in [0.25, 0.3) is 0 Å². The number of benzene rings is 4. The van der Waals surface area contributed by atoms with E-state index in [1.54, 1.807) is 72.1 Å². The smallest absolute Gasteiger partial charge is 0.247 e. The van der Waals surface area contributed by atoms with Gasteiger partial charge in [-0.15, -0.1) is 23.5 Å². The highest BCUT2D eigenvalue weighted by Crippen LogP contribution is 2.36. The molecule has 0 spiro atoms. The van der Waals surface area contributed by atoms with Gasteiger partial charge in [0.05, 0.1) is 21.9 Å². The summed E-state index contributed by atoms with van der Waals surface area (Å²) in [6, 6.07) is 30.0. The van der Waals surface area contributed by atoms with Gasteiger partial charge in [-0.25, -0.2) is 9.80 Å². The zero-order valence-corrected chi connectivity index (χ0v) is 31.4. The maximum absolute atomic E-state index is 12.9. The molecule has 0 radical (unpaired) electrons. The molecular weight excluding hydrogens is 701 g/mol. The van der Waals surface area contributed by atoms with Crippen LogP contribution in [0.2, 0.25) is 0 Å². The molecule has 4 amide bonds. The van der Waals surface area contributed by atoms with Gasteiger partial charge in [0, 0.05) is 29.8 Å². The Labute approximate surface area is 311 Å². The Kier molecular flexibility index (Phi) is 11.5. The van der Waals surface area contributed by atoms with Gasteiger partial charge in [0.15, 0.2) is 0 Å². The van der Waals surface area contributed by atoms with Gasteiger partial charge in [-0.1, -0.05) is 45.0 Å². The van der Waals surface area contributed by atoms with Crippen molar-refractivity contribution in [3.63, 3.8) is 0 Å². The zero-order valence-electron chi connectivity index (χ0n) is 29.0. The second kappa shape index (κ2) is 16.0. The predicted octanol–water partition coefficient (Wildman–Crippen LogP) is 8.71. The van der Waals surface area contributed by atoms with E-state index in [2.05, 4.69) is 13.8 Å². The summed E-state index contributed by atoms with van der Waals surface area (Å²) in [5, 5.41) is -0.632. The van der Waals surface area contributed by atoms with Gasteiger partial charge < -0.3 is 9.47 Å². The minimum atomic E-state index is -0.319. The third-order valence-electron chi connectivity index (χ3n) is 9.00. The Bertz CT molecular complexity index is 1880. The molecule has 11 heteroatoms. The lowest BCUT2D eigenvalue weighted by molar-refractivity contribution is -0.122. The summed E-state index contributed by atoms with van der Waals surface area (Å²) >= 11 is 4.78. The maximum atomic E-state index is 12.9. The largest absolute Gasteiger partial charge is 0.457 e. The minimum absolute atomic E-state index is 0.151. The quantitative estimate of drug-likeness (QED) is 0.0930. The Balaban J connectivity index is 1.04. The fourth-order valence-electron chi connectivity index (χ4n) is 6.13. The molecule has 0 aromatic heterocycles. The third-order valence-corrected chi connectivity index (χ3v) is 12.2. The number of anilines is 2. The highest BCUT2D eigenvalue weighted by Gasteiger charge is 2.40. The average molecular weight is 741 g/mol. The van der Waals surface area contributed by atoms with Crippen molar-refractivity contribution in [2.24, 2.45) is 0 Å². The van der Waals surface area contributed by atoms with Gasteiger partial charge in [0.25, 0.3) is 0 Å². The first kappa shape index (κ1) is 36.6. The molecule has 2 atom stereocenters. The number of hydrogen-bond acceptors (Lipinski definition) is 9. The van der Waals surface area contributed by atoms with Crippen LogP contribution in [-0.4, -0.2) is 57.6 Å². The molecule has 2 aliphatic heterocycles. The molecule has 4 aromatic rings.